The Kier molecular flexibility index (Phi) is 3.16. The minimum absolute atomic E-state index is 0.0694. The van der Waals surface area contributed by atoms with E-state index < -0.39 is 11.7 Å². The zero-order valence-electron chi connectivity index (χ0n) is 7.11. The van der Waals surface area contributed by atoms with Crippen LogP contribution in [0.25, 0.3) is 5.57 Å². The number of hydrogen-bond donors (Lipinski definition) is 0. The predicted octanol–water partition coefficient (Wildman–Crippen LogP) is 3.35. The summed E-state index contributed by atoms with van der Waals surface area (Å²) >= 11 is 5.40. The molecule has 0 aromatic carbocycles. The number of halogens is 4. The van der Waals surface area contributed by atoms with E-state index in [1.165, 1.54) is 12.3 Å². The molecule has 0 spiro atoms. The molecule has 0 N–H and O–H groups in total. The summed E-state index contributed by atoms with van der Waals surface area (Å²) in [5.41, 5.74) is -0.819. The normalized spacial score (nSPS) is 11.4. The first kappa shape index (κ1) is 11.0. The molecule has 0 bridgehead atoms. The maximum atomic E-state index is 12.4. The van der Waals surface area contributed by atoms with Gasteiger partial charge >= 0.3 is 6.18 Å². The van der Waals surface area contributed by atoms with Gasteiger partial charge in [0.2, 0.25) is 0 Å². The fraction of sp³-hybridized carbons (Fsp3) is 0.222. The first-order chi connectivity index (χ1) is 6.46. The maximum absolute atomic E-state index is 12.4. The molecule has 1 rings (SSSR count). The van der Waals surface area contributed by atoms with Crippen LogP contribution < -0.4 is 0 Å². The largest absolute Gasteiger partial charge is 0.418 e. The molecule has 1 aromatic heterocycles. The summed E-state index contributed by atoms with van der Waals surface area (Å²) in [6, 6.07) is 2.19. The zero-order chi connectivity index (χ0) is 10.8. The van der Waals surface area contributed by atoms with Crippen LogP contribution in [0, 0.1) is 0 Å². The van der Waals surface area contributed by atoms with Crippen molar-refractivity contribution in [2.45, 2.75) is 6.18 Å². The van der Waals surface area contributed by atoms with Crippen LogP contribution in [0.1, 0.15) is 11.3 Å². The van der Waals surface area contributed by atoms with E-state index in [9.17, 15) is 13.2 Å². The van der Waals surface area contributed by atoms with Gasteiger partial charge in [0.25, 0.3) is 0 Å². The van der Waals surface area contributed by atoms with Crippen LogP contribution in [0.5, 0.6) is 0 Å². The minimum Gasteiger partial charge on any atom is -0.256 e. The second-order valence-electron chi connectivity index (χ2n) is 2.63. The van der Waals surface area contributed by atoms with Crippen molar-refractivity contribution in [1.82, 2.24) is 4.98 Å². The van der Waals surface area contributed by atoms with Gasteiger partial charge in [0.15, 0.2) is 0 Å². The third-order valence-electron chi connectivity index (χ3n) is 1.61. The topological polar surface area (TPSA) is 12.9 Å². The van der Waals surface area contributed by atoms with Crippen molar-refractivity contribution < 1.29 is 13.2 Å². The number of rotatable bonds is 2. The first-order valence-corrected chi connectivity index (χ1v) is 4.26. The highest BCUT2D eigenvalue weighted by molar-refractivity contribution is 6.23. The van der Waals surface area contributed by atoms with Crippen molar-refractivity contribution in [2.24, 2.45) is 0 Å². The molecule has 0 radical (unpaired) electrons. The molecule has 1 heterocycles. The quantitative estimate of drug-likeness (QED) is 0.698. The Morgan fingerprint density at radius 1 is 1.50 bits per heavy atom. The Hall–Kier alpha value is -1.03. The third kappa shape index (κ3) is 2.26. The van der Waals surface area contributed by atoms with E-state index >= 15 is 0 Å². The van der Waals surface area contributed by atoms with Crippen LogP contribution in [0.3, 0.4) is 0 Å². The lowest BCUT2D eigenvalue weighted by Gasteiger charge is -2.11. The molecule has 0 aliphatic heterocycles. The van der Waals surface area contributed by atoms with Crippen LogP contribution in [0.4, 0.5) is 13.2 Å². The Morgan fingerprint density at radius 2 is 2.14 bits per heavy atom. The number of allylic oxidation sites excluding steroid dienone is 1. The minimum atomic E-state index is -4.42. The average Bonchev–Trinajstić information content (AvgIpc) is 2.15. The van der Waals surface area contributed by atoms with Crippen molar-refractivity contribution in [3.63, 3.8) is 0 Å². The van der Waals surface area contributed by atoms with Crippen LogP contribution in [-0.2, 0) is 6.18 Å². The lowest BCUT2D eigenvalue weighted by atomic mass is 10.1. The summed E-state index contributed by atoms with van der Waals surface area (Å²) in [6.45, 7) is 3.42. The van der Waals surface area contributed by atoms with Crippen LogP contribution in [0.2, 0.25) is 0 Å². The van der Waals surface area contributed by atoms with E-state index in [0.717, 1.165) is 6.07 Å². The van der Waals surface area contributed by atoms with Gasteiger partial charge in [-0.15, -0.1) is 11.6 Å². The van der Waals surface area contributed by atoms with Gasteiger partial charge in [0.1, 0.15) is 0 Å². The molecule has 76 valence electrons. The summed E-state index contributed by atoms with van der Waals surface area (Å²) in [4.78, 5) is 3.61. The summed E-state index contributed by atoms with van der Waals surface area (Å²) < 4.78 is 37.3. The van der Waals surface area contributed by atoms with E-state index in [4.69, 9.17) is 11.6 Å². The monoisotopic (exact) mass is 221 g/mol. The van der Waals surface area contributed by atoms with Gasteiger partial charge in [0.05, 0.1) is 11.3 Å². The summed E-state index contributed by atoms with van der Waals surface area (Å²) in [5, 5.41) is 0. The van der Waals surface area contributed by atoms with Gasteiger partial charge in [-0.3, -0.25) is 4.98 Å². The van der Waals surface area contributed by atoms with Crippen LogP contribution >= 0.6 is 11.6 Å². The van der Waals surface area contributed by atoms with Gasteiger partial charge in [-0.25, -0.2) is 0 Å². The summed E-state index contributed by atoms with van der Waals surface area (Å²) in [7, 11) is 0. The molecule has 0 aliphatic rings. The molecule has 1 aromatic rings. The van der Waals surface area contributed by atoms with Crippen molar-refractivity contribution in [1.29, 1.82) is 0 Å². The lowest BCUT2D eigenvalue weighted by molar-refractivity contribution is -0.138. The van der Waals surface area contributed by atoms with Gasteiger partial charge in [-0.05, 0) is 17.7 Å². The Balaban J connectivity index is 3.23. The van der Waals surface area contributed by atoms with Gasteiger partial charge in [-0.1, -0.05) is 6.58 Å². The smallest absolute Gasteiger partial charge is 0.256 e. The number of nitrogens with zero attached hydrogens (tertiary/aromatic N) is 1. The fourth-order valence-corrected chi connectivity index (χ4v) is 1.11. The Labute approximate surface area is 84.2 Å². The van der Waals surface area contributed by atoms with E-state index in [1.807, 2.05) is 0 Å². The number of pyridine rings is 1. The predicted molar refractivity (Wildman–Crippen MR) is 49.0 cm³/mol. The van der Waals surface area contributed by atoms with E-state index in [0.29, 0.717) is 0 Å². The molecular formula is C9H7ClF3N. The molecular weight excluding hydrogens is 215 g/mol. The standard InChI is InChI=1S/C9H7ClF3N/c1-6(5-10)8-7(9(11,12)13)3-2-4-14-8/h2-4H,1,5H2. The highest BCUT2D eigenvalue weighted by Crippen LogP contribution is 2.33. The molecule has 0 atom stereocenters. The first-order valence-electron chi connectivity index (χ1n) is 3.73. The molecule has 0 unspecified atom stereocenters. The van der Waals surface area contributed by atoms with E-state index in [1.54, 1.807) is 0 Å². The zero-order valence-corrected chi connectivity index (χ0v) is 7.86. The molecule has 14 heavy (non-hydrogen) atoms. The Morgan fingerprint density at radius 3 is 2.64 bits per heavy atom. The van der Waals surface area contributed by atoms with Crippen molar-refractivity contribution in [2.75, 3.05) is 5.88 Å². The SMILES string of the molecule is C=C(CCl)c1ncccc1C(F)(F)F. The van der Waals surface area contributed by atoms with Gasteiger partial charge in [0, 0.05) is 12.1 Å². The van der Waals surface area contributed by atoms with Crippen molar-refractivity contribution >= 4 is 17.2 Å². The molecule has 1 nitrogen and oxygen atoms in total. The Bertz CT molecular complexity index is 346. The summed E-state index contributed by atoms with van der Waals surface area (Å²) in [6.07, 6.45) is -3.14. The molecule has 0 aliphatic carbocycles. The van der Waals surface area contributed by atoms with Crippen LogP contribution in [-0.4, -0.2) is 10.9 Å². The number of aromatic nitrogens is 1. The van der Waals surface area contributed by atoms with Crippen molar-refractivity contribution in [3.8, 4) is 0 Å². The second-order valence-corrected chi connectivity index (χ2v) is 2.90. The molecule has 0 amide bonds. The fourth-order valence-electron chi connectivity index (χ4n) is 0.979. The van der Waals surface area contributed by atoms with E-state index in [-0.39, 0.29) is 17.1 Å². The van der Waals surface area contributed by atoms with Crippen molar-refractivity contribution in [3.05, 3.63) is 36.2 Å². The lowest BCUT2D eigenvalue weighted by Crippen LogP contribution is -2.10. The number of alkyl halides is 4. The highest BCUT2D eigenvalue weighted by atomic mass is 35.5. The highest BCUT2D eigenvalue weighted by Gasteiger charge is 2.34. The average molecular weight is 222 g/mol. The molecule has 0 fully saturated rings. The molecule has 0 saturated heterocycles. The maximum Gasteiger partial charge on any atom is 0.418 e. The van der Waals surface area contributed by atoms with E-state index in [2.05, 4.69) is 11.6 Å². The summed E-state index contributed by atoms with van der Waals surface area (Å²) in [5.74, 6) is -0.0694. The van der Waals surface area contributed by atoms with Gasteiger partial charge in [-0.2, -0.15) is 13.2 Å². The second kappa shape index (κ2) is 4.00. The molecule has 0 saturated carbocycles. The number of hydrogen-bond acceptors (Lipinski definition) is 1. The van der Waals surface area contributed by atoms with Crippen LogP contribution in [0.15, 0.2) is 24.9 Å². The third-order valence-corrected chi connectivity index (χ3v) is 1.93. The van der Waals surface area contributed by atoms with Gasteiger partial charge < -0.3 is 0 Å². The molecule has 5 heteroatoms.